The molecule has 1 saturated heterocycles. The molecule has 1 fully saturated rings. The van der Waals surface area contributed by atoms with E-state index in [4.69, 9.17) is 0 Å². The largest absolute Gasteiger partial charge is 0.382 e. The van der Waals surface area contributed by atoms with Gasteiger partial charge in [0.15, 0.2) is 23.3 Å². The predicted octanol–water partition coefficient (Wildman–Crippen LogP) is 0.220. The molecule has 142 valence electrons. The quantitative estimate of drug-likeness (QED) is 0.550. The minimum atomic E-state index is -3.85. The van der Waals surface area contributed by atoms with Crippen LogP contribution in [-0.2, 0) is 4.74 Å². The highest BCUT2D eigenvalue weighted by atomic mass is 19.2. The number of benzene rings is 2. The fourth-order valence-electron chi connectivity index (χ4n) is 3.05. The summed E-state index contributed by atoms with van der Waals surface area (Å²) in [7, 11) is 0. The molecule has 2 aromatic rings. The van der Waals surface area contributed by atoms with Gasteiger partial charge in [0.25, 0.3) is 0 Å². The van der Waals surface area contributed by atoms with E-state index in [2.05, 4.69) is 4.74 Å². The van der Waals surface area contributed by atoms with Gasteiger partial charge in [0, 0.05) is 11.1 Å². The predicted molar refractivity (Wildman–Crippen MR) is 89.4 cm³/mol. The summed E-state index contributed by atoms with van der Waals surface area (Å²) in [5.74, 6) is -2.20. The summed E-state index contributed by atoms with van der Waals surface area (Å²) in [4.78, 5) is 25.2. The maximum Gasteiger partial charge on any atom is 0.348 e. The Morgan fingerprint density at radius 3 is 1.96 bits per heavy atom. The van der Waals surface area contributed by atoms with Crippen molar-refractivity contribution < 1.29 is 39.1 Å². The van der Waals surface area contributed by atoms with E-state index in [0.29, 0.717) is 0 Å². The number of hydrogen-bond donors (Lipinski definition) is 4. The van der Waals surface area contributed by atoms with Crippen LogP contribution in [-0.4, -0.2) is 61.9 Å². The Kier molecular flexibility index (Phi) is 4.94. The number of Topliss-reactive ketones (excluding diaryl/α,β-unsaturated/α-hetero) is 2. The zero-order valence-corrected chi connectivity index (χ0v) is 13.9. The van der Waals surface area contributed by atoms with E-state index in [1.165, 1.54) is 48.5 Å². The molecule has 0 radical (unpaired) electrons. The molecule has 0 bridgehead atoms. The van der Waals surface area contributed by atoms with Crippen molar-refractivity contribution in [1.29, 1.82) is 0 Å². The first-order chi connectivity index (χ1) is 12.7. The van der Waals surface area contributed by atoms with Gasteiger partial charge < -0.3 is 25.2 Å². The Morgan fingerprint density at radius 1 is 0.963 bits per heavy atom. The van der Waals surface area contributed by atoms with Crippen molar-refractivity contribution >= 4 is 11.6 Å². The van der Waals surface area contributed by atoms with Crippen molar-refractivity contribution in [3.63, 3.8) is 0 Å². The molecule has 1 heterocycles. The molecule has 4 N–H and O–H groups in total. The molecule has 8 heteroatoms. The van der Waals surface area contributed by atoms with Crippen LogP contribution in [0.4, 0.5) is 4.39 Å². The lowest BCUT2D eigenvalue weighted by atomic mass is 9.80. The number of rotatable bonds is 5. The fraction of sp³-hybridized carbons (Fsp3) is 0.263. The van der Waals surface area contributed by atoms with Gasteiger partial charge in [-0.05, 0) is 0 Å². The first kappa shape index (κ1) is 19.3. The third-order valence-corrected chi connectivity index (χ3v) is 4.49. The molecule has 1 aliphatic rings. The Bertz CT molecular complexity index is 840. The molecule has 5 atom stereocenters. The van der Waals surface area contributed by atoms with Crippen molar-refractivity contribution in [2.24, 2.45) is 0 Å². The molecule has 0 spiro atoms. The number of halogens is 1. The van der Waals surface area contributed by atoms with Crippen molar-refractivity contribution in [2.75, 3.05) is 0 Å². The van der Waals surface area contributed by atoms with Crippen LogP contribution in [0.15, 0.2) is 60.7 Å². The van der Waals surface area contributed by atoms with Gasteiger partial charge in [-0.25, -0.2) is 0 Å². The minimum absolute atomic E-state index is 0.00639. The molecule has 1 aliphatic heterocycles. The summed E-state index contributed by atoms with van der Waals surface area (Å²) in [5.41, 5.74) is -3.23. The van der Waals surface area contributed by atoms with E-state index < -0.39 is 41.5 Å². The van der Waals surface area contributed by atoms with Gasteiger partial charge in [0.2, 0.25) is 0 Å². The molecule has 0 aliphatic carbocycles. The van der Waals surface area contributed by atoms with E-state index in [-0.39, 0.29) is 11.1 Å². The van der Waals surface area contributed by atoms with Crippen LogP contribution in [0.25, 0.3) is 0 Å². The molecule has 2 aromatic carbocycles. The topological polar surface area (TPSA) is 124 Å². The number of alkyl halides is 1. The van der Waals surface area contributed by atoms with E-state index in [1.54, 1.807) is 12.1 Å². The van der Waals surface area contributed by atoms with Crippen LogP contribution >= 0.6 is 0 Å². The molecule has 3 rings (SSSR count). The maximum absolute atomic E-state index is 14.2. The van der Waals surface area contributed by atoms with E-state index in [0.717, 1.165) is 0 Å². The number of ketones is 2. The lowest BCUT2D eigenvalue weighted by Crippen LogP contribution is -2.60. The zero-order chi connectivity index (χ0) is 19.8. The van der Waals surface area contributed by atoms with Crippen LogP contribution in [0.1, 0.15) is 20.7 Å². The van der Waals surface area contributed by atoms with Gasteiger partial charge >= 0.3 is 6.04 Å². The first-order valence-corrected chi connectivity index (χ1v) is 8.06. The van der Waals surface area contributed by atoms with Gasteiger partial charge in [-0.3, -0.25) is 9.59 Å². The zero-order valence-electron chi connectivity index (χ0n) is 13.9. The maximum atomic E-state index is 14.2. The van der Waals surface area contributed by atoms with Crippen LogP contribution in [0.2, 0.25) is 0 Å². The van der Waals surface area contributed by atoms with Crippen LogP contribution in [0, 0.1) is 0 Å². The molecule has 0 aromatic heterocycles. The summed E-state index contributed by atoms with van der Waals surface area (Å²) < 4.78 is 18.7. The number of carbonyl (C=O) groups excluding carboxylic acids is 2. The second kappa shape index (κ2) is 6.91. The number of aliphatic hydroxyl groups excluding tert-OH is 2. The van der Waals surface area contributed by atoms with Gasteiger partial charge in [0.1, 0.15) is 12.2 Å². The standard InChI is InChI=1S/C19H17FO7/c20-19(26)17(24)18(25,15(23)12-9-5-2-6-10-12)16(27-19)14(22)13(21)11-7-3-1-4-8-11/h1-10,14,16-17,22,24-26H/t14?,16-,17-,18-,19?/m1/s1. The van der Waals surface area contributed by atoms with Gasteiger partial charge in [-0.1, -0.05) is 60.7 Å². The Hall–Kier alpha value is -2.49. The minimum Gasteiger partial charge on any atom is -0.382 e. The Labute approximate surface area is 153 Å². The summed E-state index contributed by atoms with van der Waals surface area (Å²) in [6, 6.07) is 10.6. The molecule has 0 saturated carbocycles. The lowest BCUT2D eigenvalue weighted by molar-refractivity contribution is -0.313. The second-order valence-corrected chi connectivity index (χ2v) is 6.25. The molecule has 27 heavy (non-hydrogen) atoms. The fourth-order valence-corrected chi connectivity index (χ4v) is 3.05. The number of ether oxygens (including phenoxy) is 1. The highest BCUT2D eigenvalue weighted by Gasteiger charge is 2.70. The van der Waals surface area contributed by atoms with Crippen molar-refractivity contribution in [3.05, 3.63) is 71.8 Å². The van der Waals surface area contributed by atoms with Crippen LogP contribution in [0.5, 0.6) is 0 Å². The van der Waals surface area contributed by atoms with Crippen LogP contribution in [0.3, 0.4) is 0 Å². The summed E-state index contributed by atoms with van der Waals surface area (Å²) in [5, 5.41) is 40.8. The molecular formula is C19H17FO7. The Morgan fingerprint density at radius 2 is 1.44 bits per heavy atom. The lowest BCUT2D eigenvalue weighted by Gasteiger charge is -2.31. The van der Waals surface area contributed by atoms with Crippen molar-refractivity contribution in [2.45, 2.75) is 30.0 Å². The van der Waals surface area contributed by atoms with Crippen molar-refractivity contribution in [1.82, 2.24) is 0 Å². The molecular weight excluding hydrogens is 359 g/mol. The summed E-state index contributed by atoms with van der Waals surface area (Å²) in [6.07, 6.45) is -7.23. The van der Waals surface area contributed by atoms with Gasteiger partial charge in [-0.2, -0.15) is 4.39 Å². The molecule has 0 amide bonds. The number of carbonyl (C=O) groups is 2. The Balaban J connectivity index is 2.01. The normalized spacial score (nSPS) is 31.4. The summed E-state index contributed by atoms with van der Waals surface area (Å²) >= 11 is 0. The SMILES string of the molecule is O=C(c1ccccc1)C(O)[C@H]1OC(O)(F)[C@H](O)[C@@]1(O)C(=O)c1ccccc1. The second-order valence-electron chi connectivity index (χ2n) is 6.25. The highest BCUT2D eigenvalue weighted by molar-refractivity contribution is 6.05. The number of aliphatic hydroxyl groups is 4. The van der Waals surface area contributed by atoms with Gasteiger partial charge in [0.05, 0.1) is 0 Å². The first-order valence-electron chi connectivity index (χ1n) is 8.06. The molecule has 2 unspecified atom stereocenters. The average molecular weight is 376 g/mol. The van der Waals surface area contributed by atoms with Crippen LogP contribution < -0.4 is 0 Å². The van der Waals surface area contributed by atoms with Crippen molar-refractivity contribution in [3.8, 4) is 0 Å². The smallest absolute Gasteiger partial charge is 0.348 e. The van der Waals surface area contributed by atoms with E-state index in [9.17, 15) is 34.4 Å². The average Bonchev–Trinajstić information content (AvgIpc) is 2.88. The third-order valence-electron chi connectivity index (χ3n) is 4.49. The molecule has 7 nitrogen and oxygen atoms in total. The highest BCUT2D eigenvalue weighted by Crippen LogP contribution is 2.42. The van der Waals surface area contributed by atoms with Gasteiger partial charge in [-0.15, -0.1) is 0 Å². The third kappa shape index (κ3) is 3.18. The monoisotopic (exact) mass is 376 g/mol. The van der Waals surface area contributed by atoms with E-state index >= 15 is 0 Å². The summed E-state index contributed by atoms with van der Waals surface area (Å²) in [6.45, 7) is 0. The van der Waals surface area contributed by atoms with E-state index in [1.807, 2.05) is 0 Å². The number of hydrogen-bond acceptors (Lipinski definition) is 7.